The van der Waals surface area contributed by atoms with Crippen LogP contribution in [0, 0.1) is 0 Å². The van der Waals surface area contributed by atoms with Gasteiger partial charge in [0.25, 0.3) is 5.91 Å². The predicted molar refractivity (Wildman–Crippen MR) is 185 cm³/mol. The van der Waals surface area contributed by atoms with Gasteiger partial charge in [-0.25, -0.2) is 10.2 Å². The molecule has 5 aromatic rings. The highest BCUT2D eigenvalue weighted by molar-refractivity contribution is 9.10. The Hall–Kier alpha value is -4.71. The van der Waals surface area contributed by atoms with E-state index in [1.807, 2.05) is 24.3 Å². The van der Waals surface area contributed by atoms with Crippen LogP contribution in [0.25, 0.3) is 22.0 Å². The highest BCUT2D eigenvalue weighted by atomic mass is 79.9. The average Bonchev–Trinajstić information content (AvgIpc) is 3.45. The van der Waals surface area contributed by atoms with Crippen molar-refractivity contribution >= 4 is 68.1 Å². The minimum atomic E-state index is -0.668. The van der Waals surface area contributed by atoms with Gasteiger partial charge in [0.1, 0.15) is 5.69 Å². The van der Waals surface area contributed by atoms with Crippen LogP contribution in [0.4, 0.5) is 0 Å². The van der Waals surface area contributed by atoms with E-state index < -0.39 is 11.9 Å². The highest BCUT2D eigenvalue weighted by Crippen LogP contribution is 2.41. The van der Waals surface area contributed by atoms with Gasteiger partial charge in [-0.2, -0.15) is 5.10 Å². The molecule has 4 aromatic carbocycles. The number of benzene rings is 4. The summed E-state index contributed by atoms with van der Waals surface area (Å²) < 4.78 is 28.2. The summed E-state index contributed by atoms with van der Waals surface area (Å²) in [4.78, 5) is 29.7. The minimum absolute atomic E-state index is 0.178. The van der Waals surface area contributed by atoms with E-state index in [4.69, 9.17) is 46.9 Å². The standard InChI is InChI=1S/C34H28BrCl2N3O7/c1-5-46-26-12-18(10-11-25(26)47-34(42)19-13-27(43-2)32(45-4)28(14-19)44-3)17-38-40-33(41)31-29(21-8-6-7-9-23(21)36)22-15-20(35)16-24(37)30(22)39-31/h6-17,39H,5H2,1-4H3,(H,40,41). The fraction of sp³-hybridized carbons (Fsp3) is 0.147. The molecule has 1 aromatic heterocycles. The lowest BCUT2D eigenvalue weighted by Gasteiger charge is -2.15. The number of hydrogen-bond acceptors (Lipinski definition) is 8. The van der Waals surface area contributed by atoms with E-state index in [1.54, 1.807) is 37.3 Å². The first kappa shape index (κ1) is 33.6. The van der Waals surface area contributed by atoms with Crippen LogP contribution in [0.3, 0.4) is 0 Å². The molecule has 0 aliphatic carbocycles. The third-order valence-corrected chi connectivity index (χ3v) is 8.03. The quantitative estimate of drug-likeness (QED) is 0.0605. The Labute approximate surface area is 288 Å². The third-order valence-electron chi connectivity index (χ3n) is 6.95. The first-order chi connectivity index (χ1) is 22.7. The fourth-order valence-corrected chi connectivity index (χ4v) is 5.96. The zero-order chi connectivity index (χ0) is 33.7. The van der Waals surface area contributed by atoms with Crippen LogP contribution in [0.5, 0.6) is 28.7 Å². The van der Waals surface area contributed by atoms with Gasteiger partial charge in [-0.15, -0.1) is 0 Å². The molecule has 0 unspecified atom stereocenters. The first-order valence-electron chi connectivity index (χ1n) is 14.1. The number of aromatic amines is 1. The van der Waals surface area contributed by atoms with E-state index in [1.165, 1.54) is 39.7 Å². The second kappa shape index (κ2) is 14.8. The number of halogens is 3. The van der Waals surface area contributed by atoms with Crippen molar-refractivity contribution in [2.24, 2.45) is 5.10 Å². The fourth-order valence-electron chi connectivity index (χ4n) is 4.87. The number of nitrogens with zero attached hydrogens (tertiary/aromatic N) is 1. The van der Waals surface area contributed by atoms with Crippen LogP contribution in [-0.4, -0.2) is 51.0 Å². The second-order valence-electron chi connectivity index (χ2n) is 9.81. The molecule has 0 radical (unpaired) electrons. The van der Waals surface area contributed by atoms with Gasteiger partial charge in [-0.05, 0) is 61.0 Å². The zero-order valence-corrected chi connectivity index (χ0v) is 28.7. The Bertz CT molecular complexity index is 1990. The van der Waals surface area contributed by atoms with Gasteiger partial charge in [-0.1, -0.05) is 57.3 Å². The Morgan fingerprint density at radius 3 is 2.28 bits per heavy atom. The van der Waals surface area contributed by atoms with Crippen LogP contribution >= 0.6 is 39.1 Å². The molecular weight excluding hydrogens is 713 g/mol. The number of fused-ring (bicyclic) bond motifs is 1. The Kier molecular flexibility index (Phi) is 10.6. The van der Waals surface area contributed by atoms with Crippen molar-refractivity contribution in [3.63, 3.8) is 0 Å². The molecule has 10 nitrogen and oxygen atoms in total. The van der Waals surface area contributed by atoms with Gasteiger partial charge in [0.15, 0.2) is 23.0 Å². The van der Waals surface area contributed by atoms with Crippen molar-refractivity contribution in [3.8, 4) is 39.9 Å². The number of aromatic nitrogens is 1. The SMILES string of the molecule is CCOc1cc(C=NNC(=O)c2[nH]c3c(Cl)cc(Br)cc3c2-c2ccccc2Cl)ccc1OC(=O)c1cc(OC)c(OC)c(OC)c1. The Morgan fingerprint density at radius 1 is 0.894 bits per heavy atom. The van der Waals surface area contributed by atoms with Crippen LogP contribution in [0.1, 0.15) is 33.3 Å². The molecule has 0 bridgehead atoms. The largest absolute Gasteiger partial charge is 0.493 e. The molecule has 1 heterocycles. The molecule has 0 aliphatic heterocycles. The third kappa shape index (κ3) is 7.17. The van der Waals surface area contributed by atoms with Gasteiger partial charge in [0.2, 0.25) is 5.75 Å². The lowest BCUT2D eigenvalue weighted by molar-refractivity contribution is 0.0727. The summed E-state index contributed by atoms with van der Waals surface area (Å²) >= 11 is 16.5. The number of H-pyrrole nitrogens is 1. The van der Waals surface area contributed by atoms with E-state index in [0.29, 0.717) is 67.2 Å². The average molecular weight is 741 g/mol. The molecule has 1 amide bonds. The minimum Gasteiger partial charge on any atom is -0.493 e. The number of nitrogens with one attached hydrogen (secondary N) is 2. The van der Waals surface area contributed by atoms with Crippen molar-refractivity contribution in [2.45, 2.75) is 6.92 Å². The van der Waals surface area contributed by atoms with Gasteiger partial charge in [0, 0.05) is 26.0 Å². The Morgan fingerprint density at radius 2 is 1.62 bits per heavy atom. The van der Waals surface area contributed by atoms with Crippen LogP contribution < -0.4 is 29.1 Å². The number of carbonyl (C=O) groups is 2. The summed E-state index contributed by atoms with van der Waals surface area (Å²) in [5, 5.41) is 5.77. The van der Waals surface area contributed by atoms with E-state index in [-0.39, 0.29) is 17.0 Å². The molecule has 0 atom stereocenters. The molecule has 0 spiro atoms. The molecule has 0 aliphatic rings. The lowest BCUT2D eigenvalue weighted by atomic mass is 10.0. The van der Waals surface area contributed by atoms with Crippen LogP contribution in [-0.2, 0) is 0 Å². The molecule has 242 valence electrons. The van der Waals surface area contributed by atoms with Crippen LogP contribution in [0.15, 0.2) is 76.3 Å². The van der Waals surface area contributed by atoms with Crippen molar-refractivity contribution in [2.75, 3.05) is 27.9 Å². The van der Waals surface area contributed by atoms with Crippen molar-refractivity contribution in [1.29, 1.82) is 0 Å². The van der Waals surface area contributed by atoms with Gasteiger partial charge in [-0.3, -0.25) is 4.79 Å². The molecular formula is C34H28BrCl2N3O7. The molecule has 0 fully saturated rings. The molecule has 47 heavy (non-hydrogen) atoms. The van der Waals surface area contributed by atoms with Gasteiger partial charge >= 0.3 is 5.97 Å². The highest BCUT2D eigenvalue weighted by Gasteiger charge is 2.23. The predicted octanol–water partition coefficient (Wildman–Crippen LogP) is 8.31. The maximum Gasteiger partial charge on any atom is 0.343 e. The van der Waals surface area contributed by atoms with Crippen LogP contribution in [0.2, 0.25) is 10.0 Å². The first-order valence-corrected chi connectivity index (χ1v) is 15.6. The number of ether oxygens (including phenoxy) is 5. The van der Waals surface area contributed by atoms with Gasteiger partial charge in [0.05, 0.1) is 50.3 Å². The maximum absolute atomic E-state index is 13.5. The van der Waals surface area contributed by atoms with E-state index in [0.717, 1.165) is 4.47 Å². The van der Waals surface area contributed by atoms with Crippen molar-refractivity contribution in [3.05, 3.63) is 98.1 Å². The summed E-state index contributed by atoms with van der Waals surface area (Å²) in [5.41, 5.74) is 5.36. The number of amides is 1. The Balaban J connectivity index is 1.39. The molecule has 13 heteroatoms. The molecule has 5 rings (SSSR count). The number of rotatable bonds is 11. The molecule has 0 saturated heterocycles. The maximum atomic E-state index is 13.5. The summed E-state index contributed by atoms with van der Waals surface area (Å²) in [7, 11) is 4.38. The summed E-state index contributed by atoms with van der Waals surface area (Å²) in [5.74, 6) is 0.246. The zero-order valence-electron chi connectivity index (χ0n) is 25.6. The number of carbonyl (C=O) groups excluding carboxylic acids is 2. The van der Waals surface area contributed by atoms with Gasteiger partial charge < -0.3 is 28.7 Å². The number of methoxy groups -OCH3 is 3. The van der Waals surface area contributed by atoms with Crippen molar-refractivity contribution in [1.82, 2.24) is 10.4 Å². The smallest absolute Gasteiger partial charge is 0.343 e. The molecule has 0 saturated carbocycles. The monoisotopic (exact) mass is 739 g/mol. The number of esters is 1. The lowest BCUT2D eigenvalue weighted by Crippen LogP contribution is -2.19. The van der Waals surface area contributed by atoms with E-state index in [2.05, 4.69) is 31.4 Å². The van der Waals surface area contributed by atoms with E-state index in [9.17, 15) is 9.59 Å². The summed E-state index contributed by atoms with van der Waals surface area (Å²) in [6.45, 7) is 2.10. The second-order valence-corrected chi connectivity index (χ2v) is 11.5. The van der Waals surface area contributed by atoms with E-state index >= 15 is 0 Å². The number of hydrazone groups is 1. The summed E-state index contributed by atoms with van der Waals surface area (Å²) in [6.07, 6.45) is 1.44. The van der Waals surface area contributed by atoms with Crippen molar-refractivity contribution < 1.29 is 33.3 Å². The number of hydrogen-bond donors (Lipinski definition) is 2. The summed E-state index contributed by atoms with van der Waals surface area (Å²) in [6, 6.07) is 18.6. The normalized spacial score (nSPS) is 11.0. The molecule has 2 N–H and O–H groups in total. The topological polar surface area (TPSA) is 120 Å².